The van der Waals surface area contributed by atoms with Gasteiger partial charge >= 0.3 is 0 Å². The predicted molar refractivity (Wildman–Crippen MR) is 122 cm³/mol. The summed E-state index contributed by atoms with van der Waals surface area (Å²) < 4.78 is 27.8. The van der Waals surface area contributed by atoms with E-state index in [2.05, 4.69) is 20.2 Å². The summed E-state index contributed by atoms with van der Waals surface area (Å²) in [7, 11) is -3.90. The van der Waals surface area contributed by atoms with E-state index >= 15 is 0 Å². The summed E-state index contributed by atoms with van der Waals surface area (Å²) in [6.07, 6.45) is 0. The average Bonchev–Trinajstić information content (AvgIpc) is 3.23. The molecule has 0 unspecified atom stereocenters. The van der Waals surface area contributed by atoms with Crippen LogP contribution in [0, 0.1) is 0 Å². The second-order valence-electron chi connectivity index (χ2n) is 6.38. The Labute approximate surface area is 187 Å². The molecule has 0 aliphatic heterocycles. The molecule has 3 aromatic carbocycles. The lowest BCUT2D eigenvalue weighted by molar-refractivity contribution is 0.102. The second kappa shape index (κ2) is 8.84. The Hall–Kier alpha value is -3.27. The molecule has 0 spiro atoms. The van der Waals surface area contributed by atoms with Crippen LogP contribution in [-0.4, -0.2) is 24.5 Å². The van der Waals surface area contributed by atoms with Gasteiger partial charge in [-0.3, -0.25) is 14.8 Å². The molecule has 0 atom stereocenters. The van der Waals surface area contributed by atoms with Crippen molar-refractivity contribution in [1.29, 1.82) is 0 Å². The quantitative estimate of drug-likeness (QED) is 0.417. The standard InChI is InChI=1S/C21H15ClN4O3S2/c22-16-9-5-10-17(13-16)26-31(28,29)18-11-4-8-15(12-18)19(27)23-21-25-24-20(30-21)14-6-2-1-3-7-14/h1-13,26H,(H,23,25,27). The van der Waals surface area contributed by atoms with Gasteiger partial charge in [-0.05, 0) is 36.4 Å². The van der Waals surface area contributed by atoms with Gasteiger partial charge in [-0.25, -0.2) is 8.42 Å². The largest absolute Gasteiger partial charge is 0.296 e. The zero-order valence-electron chi connectivity index (χ0n) is 15.8. The molecule has 31 heavy (non-hydrogen) atoms. The van der Waals surface area contributed by atoms with Crippen molar-refractivity contribution < 1.29 is 13.2 Å². The van der Waals surface area contributed by atoms with Gasteiger partial charge in [-0.15, -0.1) is 10.2 Å². The van der Waals surface area contributed by atoms with Gasteiger partial charge in [0.1, 0.15) is 5.01 Å². The number of hydrogen-bond donors (Lipinski definition) is 2. The fraction of sp³-hybridized carbons (Fsp3) is 0. The Morgan fingerprint density at radius 2 is 1.68 bits per heavy atom. The van der Waals surface area contributed by atoms with E-state index in [0.29, 0.717) is 20.8 Å². The molecule has 1 aromatic heterocycles. The van der Waals surface area contributed by atoms with E-state index in [9.17, 15) is 13.2 Å². The third-order valence-electron chi connectivity index (χ3n) is 4.15. The van der Waals surface area contributed by atoms with E-state index < -0.39 is 15.9 Å². The van der Waals surface area contributed by atoms with Crippen LogP contribution < -0.4 is 10.0 Å². The van der Waals surface area contributed by atoms with Crippen LogP contribution in [0.15, 0.2) is 83.8 Å². The highest BCUT2D eigenvalue weighted by Gasteiger charge is 2.18. The topological polar surface area (TPSA) is 101 Å². The van der Waals surface area contributed by atoms with Crippen LogP contribution >= 0.6 is 22.9 Å². The second-order valence-corrected chi connectivity index (χ2v) is 9.47. The maximum Gasteiger partial charge on any atom is 0.261 e. The van der Waals surface area contributed by atoms with E-state index in [1.807, 2.05) is 30.3 Å². The third-order valence-corrected chi connectivity index (χ3v) is 6.65. The van der Waals surface area contributed by atoms with Crippen molar-refractivity contribution >= 4 is 49.7 Å². The van der Waals surface area contributed by atoms with E-state index in [0.717, 1.165) is 5.56 Å². The first-order chi connectivity index (χ1) is 14.9. The monoisotopic (exact) mass is 470 g/mol. The van der Waals surface area contributed by atoms with Gasteiger partial charge in [0.15, 0.2) is 0 Å². The number of benzene rings is 3. The minimum atomic E-state index is -3.90. The third kappa shape index (κ3) is 5.08. The molecule has 10 heteroatoms. The van der Waals surface area contributed by atoms with Gasteiger partial charge in [-0.2, -0.15) is 0 Å². The van der Waals surface area contributed by atoms with Crippen LogP contribution in [0.25, 0.3) is 10.6 Å². The van der Waals surface area contributed by atoms with Gasteiger partial charge in [-0.1, -0.05) is 65.4 Å². The minimum Gasteiger partial charge on any atom is -0.296 e. The normalized spacial score (nSPS) is 11.1. The molecule has 0 aliphatic carbocycles. The molecular weight excluding hydrogens is 456 g/mol. The lowest BCUT2D eigenvalue weighted by Crippen LogP contribution is -2.16. The number of amides is 1. The van der Waals surface area contributed by atoms with Gasteiger partial charge in [0.05, 0.1) is 10.6 Å². The predicted octanol–water partition coefficient (Wildman–Crippen LogP) is 4.91. The summed E-state index contributed by atoms with van der Waals surface area (Å²) in [6.45, 7) is 0. The highest BCUT2D eigenvalue weighted by Crippen LogP contribution is 2.26. The highest BCUT2D eigenvalue weighted by molar-refractivity contribution is 7.92. The van der Waals surface area contributed by atoms with Gasteiger partial charge in [0.25, 0.3) is 15.9 Å². The number of anilines is 2. The lowest BCUT2D eigenvalue weighted by atomic mass is 10.2. The molecule has 2 N–H and O–H groups in total. The van der Waals surface area contributed by atoms with Crippen molar-refractivity contribution in [2.45, 2.75) is 4.90 Å². The van der Waals surface area contributed by atoms with Crippen molar-refractivity contribution in [2.75, 3.05) is 10.0 Å². The number of nitrogens with zero attached hydrogens (tertiary/aromatic N) is 2. The zero-order chi connectivity index (χ0) is 21.8. The summed E-state index contributed by atoms with van der Waals surface area (Å²) in [6, 6.07) is 21.5. The first-order valence-electron chi connectivity index (χ1n) is 8.99. The van der Waals surface area contributed by atoms with Crippen LogP contribution in [-0.2, 0) is 10.0 Å². The van der Waals surface area contributed by atoms with Crippen molar-refractivity contribution in [3.8, 4) is 10.6 Å². The van der Waals surface area contributed by atoms with Crippen molar-refractivity contribution in [2.24, 2.45) is 0 Å². The summed E-state index contributed by atoms with van der Waals surface area (Å²) in [5.41, 5.74) is 1.38. The van der Waals surface area contributed by atoms with E-state index in [1.54, 1.807) is 18.2 Å². The van der Waals surface area contributed by atoms with Crippen molar-refractivity contribution in [3.63, 3.8) is 0 Å². The maximum absolute atomic E-state index is 12.7. The van der Waals surface area contributed by atoms with Gasteiger partial charge in [0, 0.05) is 16.1 Å². The Morgan fingerprint density at radius 3 is 2.45 bits per heavy atom. The Kier molecular flexibility index (Phi) is 5.99. The molecule has 0 bridgehead atoms. The Morgan fingerprint density at radius 1 is 0.903 bits per heavy atom. The van der Waals surface area contributed by atoms with Crippen LogP contribution in [0.3, 0.4) is 0 Å². The molecule has 0 fully saturated rings. The molecule has 0 saturated carbocycles. The Balaban J connectivity index is 1.51. The number of rotatable bonds is 6. The fourth-order valence-corrected chi connectivity index (χ4v) is 4.74. The van der Waals surface area contributed by atoms with Crippen molar-refractivity contribution in [1.82, 2.24) is 10.2 Å². The molecule has 7 nitrogen and oxygen atoms in total. The van der Waals surface area contributed by atoms with Gasteiger partial charge in [0.2, 0.25) is 5.13 Å². The van der Waals surface area contributed by atoms with Crippen LogP contribution in [0.2, 0.25) is 5.02 Å². The number of halogens is 1. The fourth-order valence-electron chi connectivity index (χ4n) is 2.71. The molecule has 1 amide bonds. The Bertz CT molecular complexity index is 1340. The number of aromatic nitrogens is 2. The summed E-state index contributed by atoms with van der Waals surface area (Å²) >= 11 is 7.13. The minimum absolute atomic E-state index is 0.0534. The highest BCUT2D eigenvalue weighted by atomic mass is 35.5. The number of hydrogen-bond acceptors (Lipinski definition) is 6. The van der Waals surface area contributed by atoms with Crippen molar-refractivity contribution in [3.05, 3.63) is 89.4 Å². The summed E-state index contributed by atoms with van der Waals surface area (Å²) in [4.78, 5) is 12.6. The molecule has 0 saturated heterocycles. The molecule has 4 aromatic rings. The molecule has 0 radical (unpaired) electrons. The summed E-state index contributed by atoms with van der Waals surface area (Å²) in [5, 5.41) is 12.1. The van der Waals surface area contributed by atoms with Crippen LogP contribution in [0.1, 0.15) is 10.4 Å². The van der Waals surface area contributed by atoms with Crippen LogP contribution in [0.5, 0.6) is 0 Å². The molecular formula is C21H15ClN4O3S2. The molecule has 1 heterocycles. The molecule has 156 valence electrons. The first-order valence-corrected chi connectivity index (χ1v) is 11.7. The smallest absolute Gasteiger partial charge is 0.261 e. The number of carbonyl (C=O) groups is 1. The first kappa shape index (κ1) is 21.0. The average molecular weight is 471 g/mol. The number of carbonyl (C=O) groups excluding carboxylic acids is 1. The van der Waals surface area contributed by atoms with E-state index in [-0.39, 0.29) is 10.5 Å². The SMILES string of the molecule is O=C(Nc1nnc(-c2ccccc2)s1)c1cccc(S(=O)(=O)Nc2cccc(Cl)c2)c1. The van der Waals surface area contributed by atoms with Crippen LogP contribution in [0.4, 0.5) is 10.8 Å². The number of nitrogens with one attached hydrogen (secondary N) is 2. The number of sulfonamides is 1. The van der Waals surface area contributed by atoms with E-state index in [4.69, 9.17) is 11.6 Å². The lowest BCUT2D eigenvalue weighted by Gasteiger charge is -2.09. The molecule has 0 aliphatic rings. The van der Waals surface area contributed by atoms with Gasteiger partial charge < -0.3 is 0 Å². The van der Waals surface area contributed by atoms with E-state index in [1.165, 1.54) is 41.7 Å². The molecule has 4 rings (SSSR count). The summed E-state index contributed by atoms with van der Waals surface area (Å²) in [5.74, 6) is -0.490. The zero-order valence-corrected chi connectivity index (χ0v) is 18.2. The maximum atomic E-state index is 12.7.